The number of nitrogens with two attached hydrogens (primary N) is 1. The third-order valence-electron chi connectivity index (χ3n) is 2.53. The second-order valence-electron chi connectivity index (χ2n) is 3.97. The Hall–Kier alpha value is -1.92. The number of nitrogen functional groups attached to an aromatic ring is 1. The molecular weight excluding hydrogens is 282 g/mol. The normalized spacial score (nSPS) is 10.8. The van der Waals surface area contributed by atoms with Crippen molar-refractivity contribution in [2.75, 3.05) is 5.73 Å². The SMILES string of the molecule is Nc1nc(Cc2nc(-c3cccc(Cl)c3)n[nH]2)cs1. The van der Waals surface area contributed by atoms with Gasteiger partial charge in [0.05, 0.1) is 12.1 Å². The summed E-state index contributed by atoms with van der Waals surface area (Å²) in [5.74, 6) is 1.38. The van der Waals surface area contributed by atoms with E-state index in [1.165, 1.54) is 11.3 Å². The number of halogens is 1. The number of hydrogen-bond donors (Lipinski definition) is 2. The molecule has 2 aromatic heterocycles. The molecule has 19 heavy (non-hydrogen) atoms. The predicted molar refractivity (Wildman–Crippen MR) is 76.2 cm³/mol. The molecule has 3 rings (SSSR count). The summed E-state index contributed by atoms with van der Waals surface area (Å²) in [4.78, 5) is 8.61. The second-order valence-corrected chi connectivity index (χ2v) is 5.30. The molecule has 0 saturated heterocycles. The van der Waals surface area contributed by atoms with E-state index in [-0.39, 0.29) is 0 Å². The van der Waals surface area contributed by atoms with Gasteiger partial charge in [-0.2, -0.15) is 5.10 Å². The fourth-order valence-corrected chi connectivity index (χ4v) is 2.46. The summed E-state index contributed by atoms with van der Waals surface area (Å²) in [5, 5.41) is 10.2. The molecule has 0 unspecified atom stereocenters. The van der Waals surface area contributed by atoms with Crippen LogP contribution < -0.4 is 5.73 Å². The van der Waals surface area contributed by atoms with Crippen LogP contribution in [0.5, 0.6) is 0 Å². The Balaban J connectivity index is 1.83. The molecule has 0 aliphatic rings. The molecule has 0 aliphatic carbocycles. The number of H-pyrrole nitrogens is 1. The van der Waals surface area contributed by atoms with Crippen LogP contribution in [0.25, 0.3) is 11.4 Å². The van der Waals surface area contributed by atoms with Crippen LogP contribution in [-0.4, -0.2) is 20.2 Å². The standard InChI is InChI=1S/C12H10ClN5S/c13-8-3-1-2-7(4-8)11-16-10(17-18-11)5-9-6-19-12(14)15-9/h1-4,6H,5H2,(H2,14,15)(H,16,17,18). The van der Waals surface area contributed by atoms with Gasteiger partial charge in [0.25, 0.3) is 0 Å². The highest BCUT2D eigenvalue weighted by Gasteiger charge is 2.08. The van der Waals surface area contributed by atoms with Gasteiger partial charge in [-0.1, -0.05) is 23.7 Å². The Labute approximate surface area is 118 Å². The van der Waals surface area contributed by atoms with Crippen LogP contribution in [0, 0.1) is 0 Å². The van der Waals surface area contributed by atoms with Crippen LogP contribution in [0.4, 0.5) is 5.13 Å². The second kappa shape index (κ2) is 4.99. The predicted octanol–water partition coefficient (Wildman–Crippen LogP) is 2.75. The Kier molecular flexibility index (Phi) is 3.18. The number of rotatable bonds is 3. The van der Waals surface area contributed by atoms with Gasteiger partial charge in [0.15, 0.2) is 11.0 Å². The summed E-state index contributed by atoms with van der Waals surface area (Å²) >= 11 is 7.36. The molecule has 5 nitrogen and oxygen atoms in total. The number of aromatic amines is 1. The highest BCUT2D eigenvalue weighted by molar-refractivity contribution is 7.13. The van der Waals surface area contributed by atoms with Gasteiger partial charge in [0, 0.05) is 16.0 Å². The molecule has 3 aromatic rings. The summed E-state index contributed by atoms with van der Waals surface area (Å²) in [5.41, 5.74) is 7.36. The van der Waals surface area contributed by atoms with E-state index in [2.05, 4.69) is 20.2 Å². The average molecular weight is 292 g/mol. The van der Waals surface area contributed by atoms with Crippen molar-refractivity contribution >= 4 is 28.1 Å². The number of aromatic nitrogens is 4. The van der Waals surface area contributed by atoms with E-state index < -0.39 is 0 Å². The molecule has 0 radical (unpaired) electrons. The van der Waals surface area contributed by atoms with Crippen LogP contribution in [0.1, 0.15) is 11.5 Å². The summed E-state index contributed by atoms with van der Waals surface area (Å²) < 4.78 is 0. The molecular formula is C12H10ClN5S. The third kappa shape index (κ3) is 2.74. The van der Waals surface area contributed by atoms with Crippen molar-refractivity contribution in [1.82, 2.24) is 20.2 Å². The van der Waals surface area contributed by atoms with E-state index in [9.17, 15) is 0 Å². The van der Waals surface area contributed by atoms with Gasteiger partial charge >= 0.3 is 0 Å². The molecule has 0 atom stereocenters. The molecule has 0 spiro atoms. The van der Waals surface area contributed by atoms with E-state index in [1.807, 2.05) is 29.6 Å². The molecule has 1 aromatic carbocycles. The van der Waals surface area contributed by atoms with Gasteiger partial charge in [0.2, 0.25) is 0 Å². The molecule has 0 bridgehead atoms. The van der Waals surface area contributed by atoms with Crippen molar-refractivity contribution in [1.29, 1.82) is 0 Å². The quantitative estimate of drug-likeness (QED) is 0.777. The lowest BCUT2D eigenvalue weighted by Crippen LogP contribution is -1.92. The minimum absolute atomic E-state index is 0.560. The molecule has 0 amide bonds. The van der Waals surface area contributed by atoms with E-state index in [1.54, 1.807) is 0 Å². The van der Waals surface area contributed by atoms with E-state index in [0.717, 1.165) is 17.1 Å². The van der Waals surface area contributed by atoms with Gasteiger partial charge in [-0.3, -0.25) is 5.10 Å². The molecule has 96 valence electrons. The van der Waals surface area contributed by atoms with E-state index in [0.29, 0.717) is 22.4 Å². The molecule has 3 N–H and O–H groups in total. The van der Waals surface area contributed by atoms with Gasteiger partial charge in [0.1, 0.15) is 5.82 Å². The maximum atomic E-state index is 5.95. The highest BCUT2D eigenvalue weighted by Crippen LogP contribution is 2.20. The first-order chi connectivity index (χ1) is 9.20. The molecule has 2 heterocycles. The smallest absolute Gasteiger partial charge is 0.181 e. The fourth-order valence-electron chi connectivity index (χ4n) is 1.71. The van der Waals surface area contributed by atoms with E-state index in [4.69, 9.17) is 17.3 Å². The van der Waals surface area contributed by atoms with Crippen LogP contribution in [0.15, 0.2) is 29.6 Å². The number of anilines is 1. The minimum atomic E-state index is 0.560. The van der Waals surface area contributed by atoms with Crippen molar-refractivity contribution in [2.24, 2.45) is 0 Å². The number of nitrogens with zero attached hydrogens (tertiary/aromatic N) is 3. The Morgan fingerprint density at radius 3 is 2.95 bits per heavy atom. The van der Waals surface area contributed by atoms with Crippen molar-refractivity contribution in [3.63, 3.8) is 0 Å². The van der Waals surface area contributed by atoms with Crippen molar-refractivity contribution in [3.05, 3.63) is 46.2 Å². The molecule has 0 fully saturated rings. The van der Waals surface area contributed by atoms with Gasteiger partial charge in [-0.05, 0) is 12.1 Å². The Bertz CT molecular complexity index is 705. The third-order valence-corrected chi connectivity index (χ3v) is 3.49. The zero-order valence-electron chi connectivity index (χ0n) is 9.80. The first kappa shape index (κ1) is 12.1. The first-order valence-electron chi connectivity index (χ1n) is 5.58. The van der Waals surface area contributed by atoms with Crippen molar-refractivity contribution < 1.29 is 0 Å². The van der Waals surface area contributed by atoms with Crippen LogP contribution in [0.2, 0.25) is 5.02 Å². The largest absolute Gasteiger partial charge is 0.375 e. The fraction of sp³-hybridized carbons (Fsp3) is 0.0833. The number of benzene rings is 1. The van der Waals surface area contributed by atoms with Gasteiger partial charge in [-0.25, -0.2) is 9.97 Å². The monoisotopic (exact) mass is 291 g/mol. The first-order valence-corrected chi connectivity index (χ1v) is 6.83. The van der Waals surface area contributed by atoms with Gasteiger partial charge < -0.3 is 5.73 Å². The maximum absolute atomic E-state index is 5.95. The summed E-state index contributed by atoms with van der Waals surface area (Å²) in [6, 6.07) is 7.43. The lowest BCUT2D eigenvalue weighted by Gasteiger charge is -1.94. The van der Waals surface area contributed by atoms with E-state index >= 15 is 0 Å². The Morgan fingerprint density at radius 1 is 1.32 bits per heavy atom. The lowest BCUT2D eigenvalue weighted by molar-refractivity contribution is 0.952. The van der Waals surface area contributed by atoms with Gasteiger partial charge in [-0.15, -0.1) is 11.3 Å². The summed E-state index contributed by atoms with van der Waals surface area (Å²) in [7, 11) is 0. The molecule has 0 saturated carbocycles. The van der Waals surface area contributed by atoms with Crippen LogP contribution >= 0.6 is 22.9 Å². The Morgan fingerprint density at radius 2 is 2.21 bits per heavy atom. The summed E-state index contributed by atoms with van der Waals surface area (Å²) in [6.07, 6.45) is 0.585. The number of thiazole rings is 1. The summed E-state index contributed by atoms with van der Waals surface area (Å²) in [6.45, 7) is 0. The lowest BCUT2D eigenvalue weighted by atomic mass is 10.2. The average Bonchev–Trinajstić information content (AvgIpc) is 2.99. The zero-order chi connectivity index (χ0) is 13.2. The molecule has 7 heteroatoms. The zero-order valence-corrected chi connectivity index (χ0v) is 11.4. The van der Waals surface area contributed by atoms with Crippen molar-refractivity contribution in [2.45, 2.75) is 6.42 Å². The number of nitrogens with one attached hydrogen (secondary N) is 1. The van der Waals surface area contributed by atoms with Crippen LogP contribution in [-0.2, 0) is 6.42 Å². The topological polar surface area (TPSA) is 80.5 Å². The highest BCUT2D eigenvalue weighted by atomic mass is 35.5. The maximum Gasteiger partial charge on any atom is 0.181 e. The minimum Gasteiger partial charge on any atom is -0.375 e. The number of hydrogen-bond acceptors (Lipinski definition) is 5. The van der Waals surface area contributed by atoms with Crippen LogP contribution in [0.3, 0.4) is 0 Å². The van der Waals surface area contributed by atoms with Crippen molar-refractivity contribution in [3.8, 4) is 11.4 Å². The molecule has 0 aliphatic heterocycles.